The molecule has 38 heavy (non-hydrogen) atoms. The predicted molar refractivity (Wildman–Crippen MR) is 155 cm³/mol. The number of hydrogen-bond acceptors (Lipinski definition) is 4. The molecule has 1 saturated heterocycles. The summed E-state index contributed by atoms with van der Waals surface area (Å²) in [7, 11) is 1.69. The summed E-state index contributed by atoms with van der Waals surface area (Å²) >= 11 is 12.3. The summed E-state index contributed by atoms with van der Waals surface area (Å²) in [5.74, 6) is 1.23. The Hall–Kier alpha value is -2.05. The fraction of sp³-hybridized carbons (Fsp3) is 0.516. The van der Waals surface area contributed by atoms with Crippen molar-refractivity contribution in [3.8, 4) is 5.75 Å². The highest BCUT2D eigenvalue weighted by Gasteiger charge is 2.53. The van der Waals surface area contributed by atoms with E-state index in [0.717, 1.165) is 43.8 Å². The van der Waals surface area contributed by atoms with Crippen molar-refractivity contribution in [2.24, 2.45) is 11.8 Å². The molecule has 1 aliphatic carbocycles. The molecule has 0 radical (unpaired) electrons. The summed E-state index contributed by atoms with van der Waals surface area (Å²) < 4.78 is 5.59. The first-order valence-corrected chi connectivity index (χ1v) is 14.3. The predicted octanol–water partition coefficient (Wildman–Crippen LogP) is 6.00. The van der Waals surface area contributed by atoms with Gasteiger partial charge in [0, 0.05) is 37.0 Å². The third kappa shape index (κ3) is 6.22. The summed E-state index contributed by atoms with van der Waals surface area (Å²) in [6, 6.07) is 13.6. The van der Waals surface area contributed by atoms with E-state index in [9.17, 15) is 9.90 Å². The Bertz CT molecular complexity index is 1140. The molecule has 1 aliphatic heterocycles. The number of fused-ring (bicyclic) bond motifs is 1. The number of hydrogen-bond donors (Lipinski definition) is 1. The molecular weight excluding hydrogens is 519 g/mol. The Labute approximate surface area is 237 Å². The fourth-order valence-corrected chi connectivity index (χ4v) is 6.87. The molecular formula is C31H40Cl2N2O3. The third-order valence-electron chi connectivity index (χ3n) is 8.31. The minimum atomic E-state index is -0.528. The van der Waals surface area contributed by atoms with Crippen LogP contribution in [0.3, 0.4) is 0 Å². The first kappa shape index (κ1) is 28.9. The van der Waals surface area contributed by atoms with Gasteiger partial charge in [-0.15, -0.1) is 6.58 Å². The van der Waals surface area contributed by atoms with Crippen LogP contribution in [0, 0.1) is 11.8 Å². The van der Waals surface area contributed by atoms with E-state index >= 15 is 0 Å². The molecule has 1 N–H and O–H groups in total. The molecule has 4 rings (SSSR count). The second-order valence-electron chi connectivity index (χ2n) is 11.3. The van der Waals surface area contributed by atoms with Crippen LogP contribution in [0.25, 0.3) is 0 Å². The SMILES string of the molecule is C=CCN1CCC2(c3cccc(OC)c3)CC(N(CC(C)C)C(=O)Cc3ccc(Cl)c(Cl)c3)CC(O)C2C1. The summed E-state index contributed by atoms with van der Waals surface area (Å²) in [5, 5.41) is 12.6. The minimum Gasteiger partial charge on any atom is -0.497 e. The number of ether oxygens (including phenoxy) is 1. The molecule has 2 aliphatic rings. The normalized spacial score (nSPS) is 25.6. The van der Waals surface area contributed by atoms with Crippen LogP contribution in [0.1, 0.15) is 44.2 Å². The maximum absolute atomic E-state index is 13.8. The number of aliphatic hydroxyl groups is 1. The number of carbonyl (C=O) groups is 1. The maximum atomic E-state index is 13.8. The van der Waals surface area contributed by atoms with E-state index in [-0.39, 0.29) is 29.7 Å². The van der Waals surface area contributed by atoms with Crippen molar-refractivity contribution in [2.75, 3.05) is 33.3 Å². The van der Waals surface area contributed by atoms with Crippen molar-refractivity contribution >= 4 is 29.1 Å². The topological polar surface area (TPSA) is 53.0 Å². The van der Waals surface area contributed by atoms with Crippen LogP contribution in [-0.4, -0.2) is 66.2 Å². The standard InChI is InChI=1S/C31H40Cl2N2O3/c1-5-12-34-13-11-31(23-7-6-8-25(16-23)38-4)18-24(17-29(36)26(31)20-34)35(19-21(2)3)30(37)15-22-9-10-27(32)28(33)14-22/h5-10,14,16,21,24,26,29,36H,1,11-13,15,17-20H2,2-4H3. The Morgan fingerprint density at radius 2 is 2.05 bits per heavy atom. The van der Waals surface area contributed by atoms with E-state index in [4.69, 9.17) is 27.9 Å². The van der Waals surface area contributed by atoms with E-state index in [0.29, 0.717) is 28.9 Å². The number of piperidine rings is 1. The number of rotatable bonds is 9. The average molecular weight is 560 g/mol. The monoisotopic (exact) mass is 558 g/mol. The van der Waals surface area contributed by atoms with Crippen LogP contribution >= 0.6 is 23.2 Å². The average Bonchev–Trinajstić information content (AvgIpc) is 2.89. The van der Waals surface area contributed by atoms with Gasteiger partial charge in [-0.1, -0.05) is 61.3 Å². The molecule has 2 aromatic rings. The van der Waals surface area contributed by atoms with Gasteiger partial charge in [0.2, 0.25) is 5.91 Å². The first-order chi connectivity index (χ1) is 18.2. The Kier molecular flexibility index (Phi) is 9.46. The van der Waals surface area contributed by atoms with Crippen molar-refractivity contribution in [1.82, 2.24) is 9.80 Å². The summed E-state index contributed by atoms with van der Waals surface area (Å²) in [6.45, 7) is 11.4. The number of halogens is 2. The van der Waals surface area contributed by atoms with Crippen LogP contribution < -0.4 is 4.74 Å². The van der Waals surface area contributed by atoms with Crippen molar-refractivity contribution in [1.29, 1.82) is 0 Å². The van der Waals surface area contributed by atoms with Crippen molar-refractivity contribution in [3.05, 3.63) is 76.3 Å². The molecule has 5 nitrogen and oxygen atoms in total. The quantitative estimate of drug-likeness (QED) is 0.383. The lowest BCUT2D eigenvalue weighted by atomic mass is 9.56. The molecule has 2 aromatic carbocycles. The molecule has 7 heteroatoms. The van der Waals surface area contributed by atoms with Crippen molar-refractivity contribution in [3.63, 3.8) is 0 Å². The van der Waals surface area contributed by atoms with Gasteiger partial charge in [0.05, 0.1) is 29.7 Å². The Morgan fingerprint density at radius 3 is 2.74 bits per heavy atom. The summed E-state index contributed by atoms with van der Waals surface area (Å²) in [6.07, 6.45) is 3.94. The maximum Gasteiger partial charge on any atom is 0.227 e. The summed E-state index contributed by atoms with van der Waals surface area (Å²) in [4.78, 5) is 18.2. The van der Waals surface area contributed by atoms with Gasteiger partial charge < -0.3 is 14.7 Å². The van der Waals surface area contributed by atoms with E-state index < -0.39 is 6.10 Å². The van der Waals surface area contributed by atoms with E-state index in [1.165, 1.54) is 5.56 Å². The number of carbonyl (C=O) groups excluding carboxylic acids is 1. The van der Waals surface area contributed by atoms with Crippen LogP contribution in [0.15, 0.2) is 55.1 Å². The first-order valence-electron chi connectivity index (χ1n) is 13.6. The number of likely N-dealkylation sites (tertiary alicyclic amines) is 1. The number of nitrogens with zero attached hydrogens (tertiary/aromatic N) is 2. The second kappa shape index (κ2) is 12.4. The van der Waals surface area contributed by atoms with Gasteiger partial charge in [-0.2, -0.15) is 0 Å². The highest BCUT2D eigenvalue weighted by molar-refractivity contribution is 6.42. The number of amides is 1. The number of aliphatic hydroxyl groups excluding tert-OH is 1. The molecule has 206 valence electrons. The van der Waals surface area contributed by atoms with Crippen LogP contribution in [-0.2, 0) is 16.6 Å². The lowest BCUT2D eigenvalue weighted by Crippen LogP contribution is -2.61. The number of methoxy groups -OCH3 is 1. The van der Waals surface area contributed by atoms with Gasteiger partial charge in [-0.05, 0) is 67.1 Å². The molecule has 1 amide bonds. The lowest BCUT2D eigenvalue weighted by Gasteiger charge is -2.56. The Morgan fingerprint density at radius 1 is 1.26 bits per heavy atom. The van der Waals surface area contributed by atoms with Crippen LogP contribution in [0.2, 0.25) is 10.0 Å². The zero-order chi connectivity index (χ0) is 27.4. The zero-order valence-electron chi connectivity index (χ0n) is 22.7. The molecule has 0 aromatic heterocycles. The van der Waals surface area contributed by atoms with Gasteiger partial charge in [0.1, 0.15) is 5.75 Å². The minimum absolute atomic E-state index is 0.0534. The fourth-order valence-electron chi connectivity index (χ4n) is 6.55. The molecule has 0 bridgehead atoms. The van der Waals surface area contributed by atoms with Crippen molar-refractivity contribution in [2.45, 2.75) is 57.1 Å². The largest absolute Gasteiger partial charge is 0.497 e. The van der Waals surface area contributed by atoms with E-state index in [1.807, 2.05) is 29.2 Å². The third-order valence-corrected chi connectivity index (χ3v) is 9.05. The van der Waals surface area contributed by atoms with Crippen LogP contribution in [0.5, 0.6) is 5.75 Å². The smallest absolute Gasteiger partial charge is 0.227 e. The Balaban J connectivity index is 1.68. The van der Waals surface area contributed by atoms with Gasteiger partial charge in [-0.3, -0.25) is 9.69 Å². The lowest BCUT2D eigenvalue weighted by molar-refractivity contribution is -0.138. The van der Waals surface area contributed by atoms with Crippen molar-refractivity contribution < 1.29 is 14.6 Å². The molecule has 0 spiro atoms. The molecule has 4 atom stereocenters. The zero-order valence-corrected chi connectivity index (χ0v) is 24.2. The number of benzene rings is 2. The van der Waals surface area contributed by atoms with E-state index in [1.54, 1.807) is 19.2 Å². The second-order valence-corrected chi connectivity index (χ2v) is 12.1. The molecule has 2 fully saturated rings. The van der Waals surface area contributed by atoms with Gasteiger partial charge in [0.25, 0.3) is 0 Å². The van der Waals surface area contributed by atoms with Gasteiger partial charge in [-0.25, -0.2) is 0 Å². The molecule has 4 unspecified atom stereocenters. The summed E-state index contributed by atoms with van der Waals surface area (Å²) in [5.41, 5.74) is 1.77. The van der Waals surface area contributed by atoms with E-state index in [2.05, 4.69) is 37.5 Å². The highest BCUT2D eigenvalue weighted by Crippen LogP contribution is 2.50. The molecule has 1 saturated carbocycles. The van der Waals surface area contributed by atoms with Gasteiger partial charge in [0.15, 0.2) is 0 Å². The molecule has 1 heterocycles. The van der Waals surface area contributed by atoms with Crippen LogP contribution in [0.4, 0.5) is 0 Å². The highest BCUT2D eigenvalue weighted by atomic mass is 35.5. The van der Waals surface area contributed by atoms with Gasteiger partial charge >= 0.3 is 0 Å².